The van der Waals surface area contributed by atoms with Crippen LogP contribution in [-0.2, 0) is 12.6 Å². The van der Waals surface area contributed by atoms with E-state index in [1.54, 1.807) is 6.07 Å². The molecule has 8 heavy (non-hydrogen) atoms. The van der Waals surface area contributed by atoms with Crippen molar-refractivity contribution in [3.8, 4) is 0 Å². The monoisotopic (exact) mass is 124 g/mol. The summed E-state index contributed by atoms with van der Waals surface area (Å²) in [6, 6.07) is 7.34. The molecule has 0 aliphatic carbocycles. The smallest absolute Gasteiger partial charge is 0.0119 e. The Morgan fingerprint density at radius 3 is 2.25 bits per heavy atom. The minimum absolute atomic E-state index is 0.683. The van der Waals surface area contributed by atoms with Crippen LogP contribution in [0, 0.1) is 0 Å². The topological polar surface area (TPSA) is 26.0 Å². The van der Waals surface area contributed by atoms with Crippen molar-refractivity contribution >= 4 is 18.3 Å². The molecule has 0 amide bonds. The summed E-state index contributed by atoms with van der Waals surface area (Å²) in [4.78, 5) is 0.729. The fraction of sp³-hybridized carbons (Fsp3) is 0. The Hall–Kier alpha value is -0.760. The van der Waals surface area contributed by atoms with Gasteiger partial charge in [0.1, 0.15) is 0 Å². The molecule has 1 aromatic carbocycles. The van der Waals surface area contributed by atoms with Crippen molar-refractivity contribution in [3.63, 3.8) is 0 Å². The lowest BCUT2D eigenvalue weighted by Gasteiger charge is -2.06. The van der Waals surface area contributed by atoms with Gasteiger partial charge in [-0.05, 0) is 6.07 Å². The second-order valence-corrected chi connectivity index (χ2v) is 1.98. The lowest BCUT2D eigenvalue weighted by Crippen LogP contribution is -1.85. The summed E-state index contributed by atoms with van der Waals surface area (Å²) in [5.41, 5.74) is 6.10. The minimum atomic E-state index is 0.683. The van der Waals surface area contributed by atoms with Crippen molar-refractivity contribution in [3.05, 3.63) is 24.3 Å². The molecule has 0 unspecified atom stereocenters. The molecule has 0 fully saturated rings. The van der Waals surface area contributed by atoms with E-state index in [-0.39, 0.29) is 0 Å². The number of benzene rings is 1. The maximum atomic E-state index is 5.42. The van der Waals surface area contributed by atoms with E-state index in [4.69, 9.17) is 18.4 Å². The first kappa shape index (κ1) is 5.38. The highest BCUT2D eigenvalue weighted by Gasteiger charge is 1.76. The molecule has 0 aliphatic rings. The van der Waals surface area contributed by atoms with Crippen LogP contribution in [0.15, 0.2) is 29.2 Å². The third-order valence-corrected chi connectivity index (χ3v) is 1.29. The van der Waals surface area contributed by atoms with Gasteiger partial charge in [-0.25, -0.2) is 0 Å². The number of nitrogens with two attached hydrogens (primary N) is 1. The maximum Gasteiger partial charge on any atom is 0.0119 e. The zero-order valence-corrected chi connectivity index (χ0v) is 5.11. The molecular formula is C6H6NS-. The van der Waals surface area contributed by atoms with Crippen LogP contribution >= 0.6 is 0 Å². The molecule has 1 nitrogen and oxygen atoms in total. The fourth-order valence-electron chi connectivity index (χ4n) is 0.481. The summed E-state index contributed by atoms with van der Waals surface area (Å²) in [5, 5.41) is 0. The Bertz CT molecular complexity index is 165. The van der Waals surface area contributed by atoms with E-state index >= 15 is 0 Å². The second-order valence-electron chi connectivity index (χ2n) is 1.54. The van der Waals surface area contributed by atoms with Gasteiger partial charge in [-0.15, -0.1) is 0 Å². The first-order chi connectivity index (χ1) is 3.80. The van der Waals surface area contributed by atoms with Gasteiger partial charge in [0.2, 0.25) is 0 Å². The molecule has 1 rings (SSSR count). The van der Waals surface area contributed by atoms with Crippen LogP contribution in [0.2, 0.25) is 0 Å². The molecule has 42 valence electrons. The van der Waals surface area contributed by atoms with E-state index in [0.717, 1.165) is 4.90 Å². The van der Waals surface area contributed by atoms with Crippen LogP contribution in [-0.4, -0.2) is 0 Å². The number of nitrogen functional groups attached to an aromatic ring is 1. The third kappa shape index (κ3) is 0.898. The van der Waals surface area contributed by atoms with Crippen LogP contribution in [0.3, 0.4) is 0 Å². The first-order valence-corrected chi connectivity index (χ1v) is 2.73. The highest BCUT2D eigenvalue weighted by atomic mass is 32.1. The summed E-state index contributed by atoms with van der Waals surface area (Å²) >= 11 is 4.83. The van der Waals surface area contributed by atoms with Gasteiger partial charge in [0.15, 0.2) is 0 Å². The predicted octanol–water partition coefficient (Wildman–Crippen LogP) is 1.17. The summed E-state index contributed by atoms with van der Waals surface area (Å²) < 4.78 is 0. The molecule has 2 N–H and O–H groups in total. The largest absolute Gasteiger partial charge is 0.778 e. The Morgan fingerprint density at radius 2 is 1.88 bits per heavy atom. The number of hydrogen-bond acceptors (Lipinski definition) is 2. The van der Waals surface area contributed by atoms with Crippen molar-refractivity contribution in [2.75, 3.05) is 5.73 Å². The normalized spacial score (nSPS) is 9.00. The van der Waals surface area contributed by atoms with Crippen LogP contribution < -0.4 is 5.73 Å². The van der Waals surface area contributed by atoms with Gasteiger partial charge in [0.05, 0.1) is 0 Å². The van der Waals surface area contributed by atoms with E-state index in [1.165, 1.54) is 0 Å². The van der Waals surface area contributed by atoms with Gasteiger partial charge in [-0.1, -0.05) is 18.2 Å². The van der Waals surface area contributed by atoms with Gasteiger partial charge in [-0.2, -0.15) is 4.90 Å². The van der Waals surface area contributed by atoms with E-state index in [0.29, 0.717) is 5.69 Å². The molecule has 0 saturated carbocycles. The molecule has 0 heterocycles. The zero-order valence-electron chi connectivity index (χ0n) is 4.29. The first-order valence-electron chi connectivity index (χ1n) is 2.32. The minimum Gasteiger partial charge on any atom is -0.778 e. The summed E-state index contributed by atoms with van der Waals surface area (Å²) in [7, 11) is 0. The van der Waals surface area contributed by atoms with Crippen molar-refractivity contribution in [2.24, 2.45) is 0 Å². The van der Waals surface area contributed by atoms with Crippen LogP contribution in [0.1, 0.15) is 0 Å². The molecule has 0 atom stereocenters. The standard InChI is InChI=1S/C6H7NS/c7-5-3-1-2-4-6(5)8/h1-4,8H,7H2/p-1. The zero-order chi connectivity index (χ0) is 5.98. The second kappa shape index (κ2) is 2.01. The van der Waals surface area contributed by atoms with Gasteiger partial charge in [-0.3, -0.25) is 0 Å². The Labute approximate surface area is 53.9 Å². The van der Waals surface area contributed by atoms with E-state index < -0.39 is 0 Å². The van der Waals surface area contributed by atoms with E-state index in [1.807, 2.05) is 18.2 Å². The van der Waals surface area contributed by atoms with Gasteiger partial charge >= 0.3 is 0 Å². The Kier molecular flexibility index (Phi) is 1.35. The highest BCUT2D eigenvalue weighted by molar-refractivity contribution is 7.59. The summed E-state index contributed by atoms with van der Waals surface area (Å²) in [5.74, 6) is 0. The molecule has 0 saturated heterocycles. The molecule has 0 bridgehead atoms. The van der Waals surface area contributed by atoms with Crippen molar-refractivity contribution in [2.45, 2.75) is 4.90 Å². The van der Waals surface area contributed by atoms with Crippen molar-refractivity contribution in [1.29, 1.82) is 0 Å². The molecule has 0 aliphatic heterocycles. The lowest BCUT2D eigenvalue weighted by atomic mass is 10.3. The molecule has 0 spiro atoms. The number of para-hydroxylation sites is 1. The van der Waals surface area contributed by atoms with Crippen LogP contribution in [0.4, 0.5) is 5.69 Å². The van der Waals surface area contributed by atoms with Gasteiger partial charge in [0, 0.05) is 5.69 Å². The summed E-state index contributed by atoms with van der Waals surface area (Å²) in [6.07, 6.45) is 0. The van der Waals surface area contributed by atoms with Gasteiger partial charge < -0.3 is 18.4 Å². The molecule has 0 aromatic heterocycles. The van der Waals surface area contributed by atoms with Gasteiger partial charge in [0.25, 0.3) is 0 Å². The van der Waals surface area contributed by atoms with E-state index in [2.05, 4.69) is 0 Å². The average Bonchev–Trinajstić information content (AvgIpc) is 1.77. The molecule has 2 heteroatoms. The molecule has 1 aromatic rings. The molecular weight excluding hydrogens is 118 g/mol. The van der Waals surface area contributed by atoms with Crippen molar-refractivity contribution < 1.29 is 0 Å². The maximum absolute atomic E-state index is 5.42. The average molecular weight is 124 g/mol. The Morgan fingerprint density at radius 1 is 1.25 bits per heavy atom. The quantitative estimate of drug-likeness (QED) is 0.415. The SMILES string of the molecule is Nc1ccccc1[S-]. The number of anilines is 1. The van der Waals surface area contributed by atoms with Crippen molar-refractivity contribution in [1.82, 2.24) is 0 Å². The highest BCUT2D eigenvalue weighted by Crippen LogP contribution is 2.07. The van der Waals surface area contributed by atoms with Crippen LogP contribution in [0.25, 0.3) is 0 Å². The van der Waals surface area contributed by atoms with Crippen LogP contribution in [0.5, 0.6) is 0 Å². The number of rotatable bonds is 0. The third-order valence-electron chi connectivity index (χ3n) is 0.919. The molecule has 0 radical (unpaired) electrons. The van der Waals surface area contributed by atoms with E-state index in [9.17, 15) is 0 Å². The summed E-state index contributed by atoms with van der Waals surface area (Å²) in [6.45, 7) is 0. The fourth-order valence-corrected chi connectivity index (χ4v) is 0.627. The number of hydrogen-bond donors (Lipinski definition) is 1. The Balaban J connectivity index is 3.13. The lowest BCUT2D eigenvalue weighted by molar-refractivity contribution is 1.47. The predicted molar refractivity (Wildman–Crippen MR) is 36.5 cm³/mol.